The van der Waals surface area contributed by atoms with Crippen LogP contribution < -0.4 is 35.3 Å². The van der Waals surface area contributed by atoms with Crippen LogP contribution in [0.25, 0.3) is 34.2 Å². The van der Waals surface area contributed by atoms with Gasteiger partial charge in [0.2, 0.25) is 19.4 Å². The van der Waals surface area contributed by atoms with Gasteiger partial charge in [-0.3, -0.25) is 14.5 Å². The minimum atomic E-state index is -1.08. The molecule has 116 heavy (non-hydrogen) atoms. The van der Waals surface area contributed by atoms with Crippen LogP contribution in [0.4, 0.5) is 0 Å². The standard InChI is InChI=1S/C25H32N4O2.C15H19N3O2.C13H17N3O.C12H17NO2.C8H15NO3.C6H15N.C4H5ClO3.C4H11N.ClH/c1-3-5-14-28(17-20-12-13-22-23(16-20)31-19-30-22)18-24-26-27-25(29(24)15-6-4-2)21-10-8-7-9-11-21;1-3-5-11-18-13(12-9-7-6-8-10-12)16-17-14(18)15(19)20-4-2;1-2-3-9-16-12(10-17)14-15-13(16)11-7-5-4-6-8-11;1-2-3-6-13-8-10-4-5-11-12(7-10)15-9-14-11;1-3-5-6-9-7(10)8(11)12-4-2;1-4-7(5-2)6-3;1-2-8-4(7)3(5)6;1-2-3-4-5;/h7-13,16H,3-6,14-15,17-19H2,1-2H3;6-10H,3-5,11H2,1-2H3;4-8,17H,2-3,9-10H2,1H3;4-5,7,13H,2-3,6,8-9H2,1H3;3-6H2,1-2H3,(H,9,10);4-6H2,1-3H3;2H2,1H3;2-5H2,1H3;1H. The Morgan fingerprint density at radius 1 is 0.466 bits per heavy atom. The molecule has 2 aliphatic rings. The summed E-state index contributed by atoms with van der Waals surface area (Å²) >= 11 is 4.69. The number of ether oxygens (including phenoxy) is 7. The topological polar surface area (TPSA) is 319 Å². The third-order valence-electron chi connectivity index (χ3n) is 17.4. The normalized spacial score (nSPS) is 10.9. The van der Waals surface area contributed by atoms with Crippen LogP contribution in [-0.4, -0.2) is 167 Å². The molecule has 5 heterocycles. The first-order valence-corrected chi connectivity index (χ1v) is 41.5. The summed E-state index contributed by atoms with van der Waals surface area (Å²) in [5.74, 6) is 4.98. The molecule has 27 nitrogen and oxygen atoms in total. The molecular weight excluding hydrogens is 1520 g/mol. The number of nitrogens with two attached hydrogens (primary N) is 1. The van der Waals surface area contributed by atoms with E-state index in [-0.39, 0.29) is 38.1 Å². The molecule has 2 aliphatic heterocycles. The lowest BCUT2D eigenvalue weighted by atomic mass is 10.1. The maximum absolute atomic E-state index is 11.9. The van der Waals surface area contributed by atoms with Crippen molar-refractivity contribution in [3.63, 3.8) is 0 Å². The second-order valence-corrected chi connectivity index (χ2v) is 26.6. The van der Waals surface area contributed by atoms with Crippen molar-refractivity contribution in [3.8, 4) is 57.2 Å². The summed E-state index contributed by atoms with van der Waals surface area (Å²) in [7, 11) is 0. The highest BCUT2D eigenvalue weighted by Gasteiger charge is 2.23. The minimum Gasteiger partial charge on any atom is -0.460 e. The van der Waals surface area contributed by atoms with Gasteiger partial charge in [0.15, 0.2) is 46.3 Å². The fourth-order valence-corrected chi connectivity index (χ4v) is 11.0. The van der Waals surface area contributed by atoms with Crippen LogP contribution in [0.15, 0.2) is 127 Å². The van der Waals surface area contributed by atoms with Crippen molar-refractivity contribution < 1.29 is 62.2 Å². The smallest absolute Gasteiger partial charge is 0.396 e. The van der Waals surface area contributed by atoms with E-state index in [1.165, 1.54) is 56.4 Å². The number of benzene rings is 5. The zero-order valence-corrected chi connectivity index (χ0v) is 72.7. The third kappa shape index (κ3) is 39.1. The number of amides is 1. The number of unbranched alkanes of at least 4 members (excludes halogenated alkanes) is 7. The maximum atomic E-state index is 11.9. The molecule has 642 valence electrons. The number of nitrogens with zero attached hydrogens (tertiary/aromatic N) is 11. The molecule has 0 bridgehead atoms. The summed E-state index contributed by atoms with van der Waals surface area (Å²) in [6.07, 6.45) is 15.4. The van der Waals surface area contributed by atoms with Crippen LogP contribution in [0.1, 0.15) is 213 Å². The highest BCUT2D eigenvalue weighted by Crippen LogP contribution is 2.34. The first-order chi connectivity index (χ1) is 56.0. The predicted molar refractivity (Wildman–Crippen MR) is 460 cm³/mol. The molecule has 0 fully saturated rings. The Hall–Kier alpha value is -9.35. The van der Waals surface area contributed by atoms with Crippen LogP contribution in [0.2, 0.25) is 0 Å². The van der Waals surface area contributed by atoms with Gasteiger partial charge in [-0.25, -0.2) is 14.4 Å². The molecule has 10 rings (SSSR count). The Morgan fingerprint density at radius 2 is 0.888 bits per heavy atom. The highest BCUT2D eigenvalue weighted by molar-refractivity contribution is 6.80. The van der Waals surface area contributed by atoms with Gasteiger partial charge in [-0.15, -0.1) is 43.0 Å². The van der Waals surface area contributed by atoms with Gasteiger partial charge in [0.1, 0.15) is 12.4 Å². The molecule has 0 atom stereocenters. The number of esters is 3. The quantitative estimate of drug-likeness (QED) is 0.00918. The largest absolute Gasteiger partial charge is 0.460 e. The number of hydrogen-bond acceptors (Lipinski definition) is 23. The van der Waals surface area contributed by atoms with Gasteiger partial charge >= 0.3 is 29.1 Å². The number of carbonyl (C=O) groups is 5. The summed E-state index contributed by atoms with van der Waals surface area (Å²) < 4.78 is 41.4. The molecule has 0 aliphatic carbocycles. The number of halogens is 2. The van der Waals surface area contributed by atoms with Crippen LogP contribution in [0.3, 0.4) is 0 Å². The second kappa shape index (κ2) is 63.8. The Bertz CT molecular complexity index is 3920. The lowest BCUT2D eigenvalue weighted by Crippen LogP contribution is -2.33. The highest BCUT2D eigenvalue weighted by atomic mass is 35.5. The number of carbonyl (C=O) groups excluding carboxylic acids is 5. The van der Waals surface area contributed by atoms with Gasteiger partial charge in [-0.05, 0) is 152 Å². The van der Waals surface area contributed by atoms with Crippen LogP contribution in [0, 0.1) is 0 Å². The van der Waals surface area contributed by atoms with Gasteiger partial charge in [0.25, 0.3) is 0 Å². The van der Waals surface area contributed by atoms with E-state index in [2.05, 4.69) is 170 Å². The summed E-state index contributed by atoms with van der Waals surface area (Å²) in [6.45, 7) is 40.0. The fraction of sp³-hybridized carbons (Fsp3) is 0.529. The molecule has 3 aromatic heterocycles. The van der Waals surface area contributed by atoms with Crippen molar-refractivity contribution in [1.82, 2.24) is 64.7 Å². The number of hydrogen-bond donors (Lipinski definition) is 4. The van der Waals surface area contributed by atoms with E-state index in [1.54, 1.807) is 20.8 Å². The summed E-state index contributed by atoms with van der Waals surface area (Å²) in [5.41, 5.74) is 10.7. The monoisotopic (exact) mass is 1650 g/mol. The van der Waals surface area contributed by atoms with Gasteiger partial charge in [0, 0.05) is 56.0 Å². The van der Waals surface area contributed by atoms with Crippen molar-refractivity contribution >= 4 is 53.1 Å². The molecule has 1 amide bonds. The number of fused-ring (bicyclic) bond motifs is 2. The first kappa shape index (κ1) is 103. The zero-order valence-electron chi connectivity index (χ0n) is 71.1. The van der Waals surface area contributed by atoms with E-state index >= 15 is 0 Å². The number of nitrogens with one attached hydrogen (secondary N) is 2. The van der Waals surface area contributed by atoms with E-state index in [0.29, 0.717) is 44.9 Å². The maximum Gasteiger partial charge on any atom is 0.396 e. The van der Waals surface area contributed by atoms with Gasteiger partial charge < -0.3 is 73.2 Å². The Morgan fingerprint density at radius 3 is 1.32 bits per heavy atom. The van der Waals surface area contributed by atoms with E-state index in [9.17, 15) is 29.1 Å². The van der Waals surface area contributed by atoms with Crippen molar-refractivity contribution in [3.05, 3.63) is 156 Å². The molecule has 29 heteroatoms. The number of aromatic nitrogens is 9. The fourth-order valence-electron chi connectivity index (χ4n) is 11.0. The molecule has 0 saturated heterocycles. The predicted octanol–water partition coefficient (Wildman–Crippen LogP) is 16.0. The minimum absolute atomic E-state index is 0. The van der Waals surface area contributed by atoms with E-state index in [0.717, 1.165) is 174 Å². The number of aliphatic hydroxyl groups excluding tert-OH is 1. The Balaban J connectivity index is 0.000000476. The van der Waals surface area contributed by atoms with Crippen LogP contribution in [0.5, 0.6) is 23.0 Å². The molecular formula is C87H132Cl2N14O13. The van der Waals surface area contributed by atoms with E-state index in [1.807, 2.05) is 101 Å². The zero-order chi connectivity index (χ0) is 84.2. The number of aliphatic hydroxyl groups is 1. The Labute approximate surface area is 700 Å². The SMILES string of the molecule is CCCCN.CCCCN(Cc1ccc2c(c1)OCO2)Cc1nnc(-c2ccccc2)n1CCCC.CCCCNC(=O)C(=O)OCC.CCCCNCc1ccc2c(c1)OCO2.CCCCn1c(C(=O)OCC)nnc1-c1ccccc1.CCCCn1c(CO)nnc1-c1ccccc1.CCN(CC)CC.CCOC(=O)C(=O)Cl.Cl. The van der Waals surface area contributed by atoms with Crippen molar-refractivity contribution in [1.29, 1.82) is 0 Å². The van der Waals surface area contributed by atoms with Crippen LogP contribution >= 0.6 is 24.0 Å². The van der Waals surface area contributed by atoms with Crippen molar-refractivity contribution in [2.24, 2.45) is 5.73 Å². The second-order valence-electron chi connectivity index (χ2n) is 26.3. The van der Waals surface area contributed by atoms with E-state index in [4.69, 9.17) is 41.0 Å². The lowest BCUT2D eigenvalue weighted by Gasteiger charge is -2.22. The van der Waals surface area contributed by atoms with Crippen molar-refractivity contribution in [2.75, 3.05) is 79.2 Å². The molecule has 0 radical (unpaired) electrons. The summed E-state index contributed by atoms with van der Waals surface area (Å²) in [6, 6.07) is 42.4. The first-order valence-electron chi connectivity index (χ1n) is 41.1. The lowest BCUT2D eigenvalue weighted by molar-refractivity contribution is -0.154. The van der Waals surface area contributed by atoms with Gasteiger partial charge in [0.05, 0.1) is 26.4 Å². The average Bonchev–Trinajstić information content (AvgIpc) is 1.68. The molecule has 0 spiro atoms. The summed E-state index contributed by atoms with van der Waals surface area (Å²) in [4.78, 5) is 58.2. The van der Waals surface area contributed by atoms with Crippen LogP contribution in [-0.2, 0) is 79.3 Å². The molecule has 0 saturated carbocycles. The number of rotatable bonds is 38. The Kier molecular flexibility index (Phi) is 56.5. The van der Waals surface area contributed by atoms with Gasteiger partial charge in [-0.2, -0.15) is 0 Å². The van der Waals surface area contributed by atoms with E-state index < -0.39 is 29.1 Å². The van der Waals surface area contributed by atoms with Crippen molar-refractivity contribution in [2.45, 2.75) is 226 Å². The molecule has 0 unspecified atom stereocenters. The summed E-state index contributed by atoms with van der Waals surface area (Å²) in [5, 5.41) is 39.6. The third-order valence-corrected chi connectivity index (χ3v) is 17.6. The molecule has 5 N–H and O–H groups in total. The molecule has 5 aromatic carbocycles. The van der Waals surface area contributed by atoms with Gasteiger partial charge in [-0.1, -0.05) is 217 Å². The molecule has 8 aromatic rings. The average molecular weight is 1650 g/mol.